The van der Waals surface area contributed by atoms with Crippen molar-refractivity contribution in [2.24, 2.45) is 5.92 Å². The van der Waals surface area contributed by atoms with Crippen molar-refractivity contribution in [2.75, 3.05) is 13.1 Å². The Bertz CT molecular complexity index is 657. The summed E-state index contributed by atoms with van der Waals surface area (Å²) < 4.78 is 2.53. The van der Waals surface area contributed by atoms with Gasteiger partial charge in [-0.2, -0.15) is 4.98 Å². The van der Waals surface area contributed by atoms with Gasteiger partial charge in [0.15, 0.2) is 5.82 Å². The largest absolute Gasteiger partial charge is 0.284 e. The standard InChI is InChI=1S/C15H19ClN4S/c1-2-19(9-11-3-4-11)10-20-15(21)17-14(18-20)12-5-7-13(16)8-6-12/h5-8,11H,2-4,9-10H2,1H3,(H,17,18,21). The molecule has 1 heterocycles. The lowest BCUT2D eigenvalue weighted by Gasteiger charge is -2.20. The van der Waals surface area contributed by atoms with E-state index < -0.39 is 0 Å². The van der Waals surface area contributed by atoms with Gasteiger partial charge in [-0.3, -0.25) is 10.00 Å². The number of benzene rings is 1. The van der Waals surface area contributed by atoms with Crippen molar-refractivity contribution in [1.82, 2.24) is 19.7 Å². The van der Waals surface area contributed by atoms with Crippen LogP contribution in [0.3, 0.4) is 0 Å². The molecule has 3 rings (SSSR count). The third-order valence-corrected chi connectivity index (χ3v) is 4.36. The molecule has 1 aromatic carbocycles. The minimum atomic E-state index is 0.592. The topological polar surface area (TPSA) is 36.9 Å². The number of hydrogen-bond donors (Lipinski definition) is 1. The summed E-state index contributed by atoms with van der Waals surface area (Å²) in [5.41, 5.74) is 0.995. The van der Waals surface area contributed by atoms with Crippen molar-refractivity contribution in [3.63, 3.8) is 0 Å². The second-order valence-corrected chi connectivity index (χ2v) is 6.35. The van der Waals surface area contributed by atoms with Crippen molar-refractivity contribution in [3.05, 3.63) is 34.1 Å². The zero-order chi connectivity index (χ0) is 14.8. The molecule has 1 saturated carbocycles. The van der Waals surface area contributed by atoms with E-state index in [0.29, 0.717) is 4.77 Å². The lowest BCUT2D eigenvalue weighted by molar-refractivity contribution is 0.208. The van der Waals surface area contributed by atoms with Gasteiger partial charge in [0.2, 0.25) is 4.77 Å². The lowest BCUT2D eigenvalue weighted by Crippen LogP contribution is -2.29. The van der Waals surface area contributed by atoms with Crippen LogP contribution in [0.1, 0.15) is 19.8 Å². The van der Waals surface area contributed by atoms with E-state index in [1.54, 1.807) is 0 Å². The summed E-state index contributed by atoms with van der Waals surface area (Å²) in [6.07, 6.45) is 2.72. The van der Waals surface area contributed by atoms with Gasteiger partial charge in [0.25, 0.3) is 0 Å². The Morgan fingerprint density at radius 2 is 2.10 bits per heavy atom. The molecule has 6 heteroatoms. The smallest absolute Gasteiger partial charge is 0.217 e. The van der Waals surface area contributed by atoms with Crippen molar-refractivity contribution in [2.45, 2.75) is 26.4 Å². The summed E-state index contributed by atoms with van der Waals surface area (Å²) >= 11 is 11.3. The van der Waals surface area contributed by atoms with E-state index in [4.69, 9.17) is 23.8 Å². The summed E-state index contributed by atoms with van der Waals surface area (Å²) in [5, 5.41) is 4.01. The predicted molar refractivity (Wildman–Crippen MR) is 87.8 cm³/mol. The molecule has 1 aromatic heterocycles. The molecule has 0 radical (unpaired) electrons. The molecule has 4 nitrogen and oxygen atoms in total. The number of aromatic nitrogens is 3. The minimum Gasteiger partial charge on any atom is -0.284 e. The fourth-order valence-corrected chi connectivity index (χ4v) is 2.66. The van der Waals surface area contributed by atoms with Crippen LogP contribution in [0.15, 0.2) is 24.3 Å². The van der Waals surface area contributed by atoms with E-state index in [-0.39, 0.29) is 0 Å². The minimum absolute atomic E-state index is 0.592. The zero-order valence-corrected chi connectivity index (χ0v) is 13.6. The quantitative estimate of drug-likeness (QED) is 0.818. The third kappa shape index (κ3) is 3.73. The highest BCUT2D eigenvalue weighted by molar-refractivity contribution is 7.71. The number of aromatic amines is 1. The molecule has 0 unspecified atom stereocenters. The molecule has 0 amide bonds. The zero-order valence-electron chi connectivity index (χ0n) is 12.1. The summed E-state index contributed by atoms with van der Waals surface area (Å²) in [7, 11) is 0. The average molecular weight is 323 g/mol. The van der Waals surface area contributed by atoms with Crippen molar-refractivity contribution >= 4 is 23.8 Å². The van der Waals surface area contributed by atoms with Crippen LogP contribution in [0, 0.1) is 10.7 Å². The van der Waals surface area contributed by atoms with Crippen LogP contribution in [0.5, 0.6) is 0 Å². The van der Waals surface area contributed by atoms with Crippen molar-refractivity contribution in [3.8, 4) is 11.4 Å². The van der Waals surface area contributed by atoms with Crippen LogP contribution in [-0.2, 0) is 6.67 Å². The maximum absolute atomic E-state index is 5.91. The second-order valence-electron chi connectivity index (χ2n) is 5.54. The number of hydrogen-bond acceptors (Lipinski definition) is 3. The molecule has 0 atom stereocenters. The van der Waals surface area contributed by atoms with Gasteiger partial charge in [-0.05, 0) is 61.8 Å². The molecule has 1 N–H and O–H groups in total. The predicted octanol–water partition coefficient (Wildman–Crippen LogP) is 3.95. The molecule has 1 fully saturated rings. The van der Waals surface area contributed by atoms with E-state index in [1.807, 2.05) is 28.9 Å². The van der Waals surface area contributed by atoms with Crippen LogP contribution < -0.4 is 0 Å². The fourth-order valence-electron chi connectivity index (χ4n) is 2.34. The molecule has 0 bridgehead atoms. The first-order valence-electron chi connectivity index (χ1n) is 7.31. The lowest BCUT2D eigenvalue weighted by atomic mass is 10.2. The molecule has 112 valence electrons. The third-order valence-electron chi connectivity index (χ3n) is 3.80. The first-order valence-corrected chi connectivity index (χ1v) is 8.09. The van der Waals surface area contributed by atoms with Gasteiger partial charge in [0.05, 0.1) is 6.67 Å². The van der Waals surface area contributed by atoms with Gasteiger partial charge >= 0.3 is 0 Å². The van der Waals surface area contributed by atoms with Gasteiger partial charge in [-0.1, -0.05) is 18.5 Å². The van der Waals surface area contributed by atoms with E-state index in [2.05, 4.69) is 21.9 Å². The van der Waals surface area contributed by atoms with Gasteiger partial charge in [-0.15, -0.1) is 0 Å². The number of rotatable bonds is 6. The van der Waals surface area contributed by atoms with Crippen molar-refractivity contribution in [1.29, 1.82) is 0 Å². The Labute approximate surface area is 134 Å². The van der Waals surface area contributed by atoms with E-state index in [0.717, 1.165) is 42.1 Å². The van der Waals surface area contributed by atoms with Crippen LogP contribution in [-0.4, -0.2) is 32.8 Å². The van der Waals surface area contributed by atoms with Gasteiger partial charge < -0.3 is 0 Å². The highest BCUT2D eigenvalue weighted by atomic mass is 35.5. The summed E-state index contributed by atoms with van der Waals surface area (Å²) in [6.45, 7) is 5.12. The first-order chi connectivity index (χ1) is 10.2. The van der Waals surface area contributed by atoms with Gasteiger partial charge in [0, 0.05) is 17.1 Å². The Hall–Kier alpha value is -1.17. The Morgan fingerprint density at radius 3 is 2.71 bits per heavy atom. The Morgan fingerprint density at radius 1 is 1.38 bits per heavy atom. The molecule has 0 spiro atoms. The molecular formula is C15H19ClN4S. The van der Waals surface area contributed by atoms with Gasteiger partial charge in [-0.25, -0.2) is 4.68 Å². The number of H-pyrrole nitrogens is 1. The monoisotopic (exact) mass is 322 g/mol. The second kappa shape index (κ2) is 6.30. The van der Waals surface area contributed by atoms with Crippen molar-refractivity contribution < 1.29 is 0 Å². The summed E-state index contributed by atoms with van der Waals surface area (Å²) in [6, 6.07) is 7.61. The summed E-state index contributed by atoms with van der Waals surface area (Å²) in [4.78, 5) is 6.85. The maximum Gasteiger partial charge on any atom is 0.217 e. The molecule has 0 saturated heterocycles. The SMILES string of the molecule is CCN(CC1CC1)Cn1[nH]c(-c2ccc(Cl)cc2)nc1=S. The number of halogens is 1. The number of nitrogens with zero attached hydrogens (tertiary/aromatic N) is 3. The normalized spacial score (nSPS) is 14.8. The molecular weight excluding hydrogens is 304 g/mol. The maximum atomic E-state index is 5.91. The average Bonchev–Trinajstić information content (AvgIpc) is 3.22. The molecule has 2 aromatic rings. The highest BCUT2D eigenvalue weighted by Crippen LogP contribution is 2.29. The fraction of sp³-hybridized carbons (Fsp3) is 0.467. The van der Waals surface area contributed by atoms with E-state index >= 15 is 0 Å². The molecule has 1 aliphatic carbocycles. The Kier molecular flexibility index (Phi) is 4.42. The number of nitrogens with one attached hydrogen (secondary N) is 1. The van der Waals surface area contributed by atoms with Crippen LogP contribution >= 0.6 is 23.8 Å². The molecule has 1 aliphatic rings. The van der Waals surface area contributed by atoms with Crippen LogP contribution in [0.4, 0.5) is 0 Å². The van der Waals surface area contributed by atoms with E-state index in [9.17, 15) is 0 Å². The molecule has 21 heavy (non-hydrogen) atoms. The van der Waals surface area contributed by atoms with Gasteiger partial charge in [0.1, 0.15) is 0 Å². The summed E-state index contributed by atoms with van der Waals surface area (Å²) in [5.74, 6) is 1.66. The van der Waals surface area contributed by atoms with E-state index in [1.165, 1.54) is 12.8 Å². The van der Waals surface area contributed by atoms with Crippen LogP contribution in [0.2, 0.25) is 5.02 Å². The molecule has 0 aliphatic heterocycles. The highest BCUT2D eigenvalue weighted by Gasteiger charge is 2.23. The Balaban J connectivity index is 1.77. The van der Waals surface area contributed by atoms with Crippen LogP contribution in [0.25, 0.3) is 11.4 Å². The first kappa shape index (κ1) is 14.8.